The normalized spacial score (nSPS) is 10.1. The number of para-hydroxylation sites is 1. The molecule has 0 saturated heterocycles. The number of nitriles is 1. The minimum Gasteiger partial charge on any atom is -0.384 e. The Bertz CT molecular complexity index is 618. The fraction of sp³-hybridized carbons (Fsp3) is 0.312. The zero-order chi connectivity index (χ0) is 15.1. The van der Waals surface area contributed by atoms with Crippen molar-refractivity contribution in [3.63, 3.8) is 0 Å². The number of nitrogen functional groups attached to an aromatic ring is 1. The molecule has 0 bridgehead atoms. The van der Waals surface area contributed by atoms with Gasteiger partial charge in [-0.2, -0.15) is 5.26 Å². The highest BCUT2D eigenvalue weighted by molar-refractivity contribution is 5.61. The van der Waals surface area contributed by atoms with Crippen LogP contribution >= 0.6 is 0 Å². The molecule has 0 saturated carbocycles. The third-order valence-electron chi connectivity index (χ3n) is 3.04. The predicted molar refractivity (Wildman–Crippen MR) is 84.1 cm³/mol. The third kappa shape index (κ3) is 3.93. The van der Waals surface area contributed by atoms with E-state index in [9.17, 15) is 0 Å². The molecule has 2 N–H and O–H groups in total. The maximum atomic E-state index is 8.87. The summed E-state index contributed by atoms with van der Waals surface area (Å²) >= 11 is 0. The Balaban J connectivity index is 2.39. The van der Waals surface area contributed by atoms with Gasteiger partial charge in [-0.1, -0.05) is 25.1 Å². The van der Waals surface area contributed by atoms with Gasteiger partial charge in [-0.05, 0) is 18.6 Å². The first-order valence-electron chi connectivity index (χ1n) is 7.07. The molecule has 2 aromatic rings. The highest BCUT2D eigenvalue weighted by Gasteiger charge is 2.12. The number of rotatable bonds is 6. The quantitative estimate of drug-likeness (QED) is 0.880. The van der Waals surface area contributed by atoms with E-state index in [2.05, 4.69) is 23.0 Å². The third-order valence-corrected chi connectivity index (χ3v) is 3.04. The first-order chi connectivity index (χ1) is 10.2. The zero-order valence-corrected chi connectivity index (χ0v) is 12.2. The zero-order valence-electron chi connectivity index (χ0n) is 12.2. The number of benzene rings is 1. The molecule has 0 unspecified atom stereocenters. The Hall–Kier alpha value is -2.61. The molecule has 0 aliphatic rings. The van der Waals surface area contributed by atoms with Crippen LogP contribution in [0.3, 0.4) is 0 Å². The lowest BCUT2D eigenvalue weighted by atomic mass is 10.2. The van der Waals surface area contributed by atoms with Crippen LogP contribution in [0.15, 0.2) is 36.4 Å². The van der Waals surface area contributed by atoms with Crippen LogP contribution in [0.5, 0.6) is 0 Å². The molecule has 5 nitrogen and oxygen atoms in total. The van der Waals surface area contributed by atoms with Gasteiger partial charge in [-0.15, -0.1) is 0 Å². The van der Waals surface area contributed by atoms with E-state index in [1.54, 1.807) is 6.07 Å². The van der Waals surface area contributed by atoms with Crippen molar-refractivity contribution in [1.82, 2.24) is 9.97 Å². The summed E-state index contributed by atoms with van der Waals surface area (Å²) in [4.78, 5) is 10.8. The van der Waals surface area contributed by atoms with Gasteiger partial charge in [0, 0.05) is 24.7 Å². The van der Waals surface area contributed by atoms with E-state index in [4.69, 9.17) is 11.0 Å². The Morgan fingerprint density at radius 1 is 1.24 bits per heavy atom. The highest BCUT2D eigenvalue weighted by Crippen LogP contribution is 2.25. The number of hydrogen-bond donors (Lipinski definition) is 1. The van der Waals surface area contributed by atoms with Gasteiger partial charge in [0.05, 0.1) is 12.5 Å². The van der Waals surface area contributed by atoms with Crippen molar-refractivity contribution in [3.8, 4) is 6.07 Å². The van der Waals surface area contributed by atoms with Crippen LogP contribution in [-0.2, 0) is 6.42 Å². The Morgan fingerprint density at radius 2 is 2.00 bits per heavy atom. The van der Waals surface area contributed by atoms with Crippen LogP contribution in [-0.4, -0.2) is 16.5 Å². The monoisotopic (exact) mass is 281 g/mol. The number of nitrogens with zero attached hydrogens (tertiary/aromatic N) is 4. The van der Waals surface area contributed by atoms with Crippen molar-refractivity contribution in [1.29, 1.82) is 5.26 Å². The van der Waals surface area contributed by atoms with E-state index >= 15 is 0 Å². The molecule has 0 radical (unpaired) electrons. The standard InChI is InChI=1S/C16H19N5/c1-2-7-15-19-14(18)12-16(20-15)21(11-6-10-17)13-8-4-3-5-9-13/h3-5,8-9,12H,2,6-7,11H2,1H3,(H2,18,19,20). The van der Waals surface area contributed by atoms with Gasteiger partial charge in [0.25, 0.3) is 0 Å². The van der Waals surface area contributed by atoms with Crippen LogP contribution < -0.4 is 10.6 Å². The van der Waals surface area contributed by atoms with Gasteiger partial charge in [-0.3, -0.25) is 0 Å². The molecule has 1 aromatic heterocycles. The molecule has 21 heavy (non-hydrogen) atoms. The van der Waals surface area contributed by atoms with E-state index in [1.807, 2.05) is 35.2 Å². The lowest BCUT2D eigenvalue weighted by Gasteiger charge is -2.23. The minimum atomic E-state index is 0.419. The second-order valence-electron chi connectivity index (χ2n) is 4.71. The summed E-state index contributed by atoms with van der Waals surface area (Å²) in [5, 5.41) is 8.87. The van der Waals surface area contributed by atoms with Crippen LogP contribution in [0.2, 0.25) is 0 Å². The smallest absolute Gasteiger partial charge is 0.138 e. The first-order valence-corrected chi connectivity index (χ1v) is 7.07. The van der Waals surface area contributed by atoms with E-state index in [0.717, 1.165) is 30.2 Å². The Kier molecular flexibility index (Phi) is 5.10. The van der Waals surface area contributed by atoms with Gasteiger partial charge < -0.3 is 10.6 Å². The molecule has 0 atom stereocenters. The van der Waals surface area contributed by atoms with E-state index in [-0.39, 0.29) is 0 Å². The van der Waals surface area contributed by atoms with Crippen molar-refractivity contribution >= 4 is 17.3 Å². The van der Waals surface area contributed by atoms with E-state index < -0.39 is 0 Å². The summed E-state index contributed by atoms with van der Waals surface area (Å²) in [5.41, 5.74) is 6.89. The molecule has 0 spiro atoms. The topological polar surface area (TPSA) is 78.8 Å². The molecule has 0 aliphatic carbocycles. The summed E-state index contributed by atoms with van der Waals surface area (Å²) < 4.78 is 0. The average Bonchev–Trinajstić information content (AvgIpc) is 2.48. The van der Waals surface area contributed by atoms with Crippen LogP contribution in [0.4, 0.5) is 17.3 Å². The SMILES string of the molecule is CCCc1nc(N)cc(N(CCC#N)c2ccccc2)n1. The number of aryl methyl sites for hydroxylation is 1. The molecule has 1 aromatic carbocycles. The predicted octanol–water partition coefficient (Wildman–Crippen LogP) is 3.06. The fourth-order valence-corrected chi connectivity index (χ4v) is 2.12. The van der Waals surface area contributed by atoms with Crippen molar-refractivity contribution in [2.24, 2.45) is 0 Å². The van der Waals surface area contributed by atoms with Crippen molar-refractivity contribution < 1.29 is 0 Å². The summed E-state index contributed by atoms with van der Waals surface area (Å²) in [7, 11) is 0. The van der Waals surface area contributed by atoms with Gasteiger partial charge in [0.2, 0.25) is 0 Å². The Labute approximate surface area is 125 Å². The van der Waals surface area contributed by atoms with E-state index in [0.29, 0.717) is 18.8 Å². The van der Waals surface area contributed by atoms with Crippen molar-refractivity contribution in [2.75, 3.05) is 17.2 Å². The first kappa shape index (κ1) is 14.8. The van der Waals surface area contributed by atoms with Crippen molar-refractivity contribution in [3.05, 3.63) is 42.2 Å². The molecule has 0 aliphatic heterocycles. The Morgan fingerprint density at radius 3 is 2.67 bits per heavy atom. The summed E-state index contributed by atoms with van der Waals surface area (Å²) in [6, 6.07) is 13.8. The van der Waals surface area contributed by atoms with Crippen LogP contribution in [0.1, 0.15) is 25.6 Å². The summed E-state index contributed by atoms with van der Waals surface area (Å²) in [6.07, 6.45) is 2.17. The lowest BCUT2D eigenvalue weighted by molar-refractivity contribution is 0.824. The largest absolute Gasteiger partial charge is 0.384 e. The molecule has 0 amide bonds. The van der Waals surface area contributed by atoms with Gasteiger partial charge in [-0.25, -0.2) is 9.97 Å². The minimum absolute atomic E-state index is 0.419. The average molecular weight is 281 g/mol. The molecule has 2 rings (SSSR count). The molecule has 108 valence electrons. The number of aromatic nitrogens is 2. The summed E-state index contributed by atoms with van der Waals surface area (Å²) in [6.45, 7) is 2.65. The molecule has 5 heteroatoms. The van der Waals surface area contributed by atoms with Crippen LogP contribution in [0, 0.1) is 11.3 Å². The van der Waals surface area contributed by atoms with Crippen LogP contribution in [0.25, 0.3) is 0 Å². The second kappa shape index (κ2) is 7.25. The molecule has 1 heterocycles. The lowest BCUT2D eigenvalue weighted by Crippen LogP contribution is -2.20. The second-order valence-corrected chi connectivity index (χ2v) is 4.71. The molecular weight excluding hydrogens is 262 g/mol. The molecule has 0 fully saturated rings. The van der Waals surface area contributed by atoms with Gasteiger partial charge in [0.1, 0.15) is 17.5 Å². The van der Waals surface area contributed by atoms with Crippen molar-refractivity contribution in [2.45, 2.75) is 26.2 Å². The number of nitrogens with two attached hydrogens (primary N) is 1. The van der Waals surface area contributed by atoms with Gasteiger partial charge in [0.15, 0.2) is 0 Å². The number of hydrogen-bond acceptors (Lipinski definition) is 5. The number of anilines is 3. The fourth-order valence-electron chi connectivity index (χ4n) is 2.12. The van der Waals surface area contributed by atoms with Gasteiger partial charge >= 0.3 is 0 Å². The summed E-state index contributed by atoms with van der Waals surface area (Å²) in [5.74, 6) is 1.94. The van der Waals surface area contributed by atoms with E-state index in [1.165, 1.54) is 0 Å². The molecular formula is C16H19N5. The maximum absolute atomic E-state index is 8.87. The maximum Gasteiger partial charge on any atom is 0.138 e. The highest BCUT2D eigenvalue weighted by atomic mass is 15.2.